The highest BCUT2D eigenvalue weighted by Gasteiger charge is 2.18. The number of hydrogen-bond acceptors (Lipinski definition) is 6. The van der Waals surface area contributed by atoms with Gasteiger partial charge in [-0.05, 0) is 23.8 Å². The molecular weight excluding hydrogens is 292 g/mol. The molecule has 1 aromatic heterocycles. The van der Waals surface area contributed by atoms with Gasteiger partial charge in [-0.15, -0.1) is 0 Å². The van der Waals surface area contributed by atoms with Crippen LogP contribution in [-0.4, -0.2) is 20.5 Å². The Morgan fingerprint density at radius 2 is 2.14 bits per heavy atom. The summed E-state index contributed by atoms with van der Waals surface area (Å²) >= 11 is 0. The predicted molar refractivity (Wildman–Crippen MR) is 80.0 cm³/mol. The third-order valence-electron chi connectivity index (χ3n) is 2.72. The molecule has 0 bridgehead atoms. The molecule has 0 unspecified atom stereocenters. The molecule has 0 aliphatic rings. The predicted octanol–water partition coefficient (Wildman–Crippen LogP) is 1.31. The van der Waals surface area contributed by atoms with Gasteiger partial charge in [-0.1, -0.05) is 12.1 Å². The number of hydrogen-bond donors (Lipinski definition) is 3. The number of methoxy groups -OCH3 is 1. The summed E-state index contributed by atoms with van der Waals surface area (Å²) in [6, 6.07) is 8.43. The maximum Gasteiger partial charge on any atom is 0.265 e. The summed E-state index contributed by atoms with van der Waals surface area (Å²) < 4.78 is 32.3. The second-order valence-corrected chi connectivity index (χ2v) is 5.91. The Labute approximate surface area is 123 Å². The van der Waals surface area contributed by atoms with Crippen LogP contribution in [0.3, 0.4) is 0 Å². The maximum atomic E-state index is 12.4. The summed E-state index contributed by atoms with van der Waals surface area (Å²) in [5.74, 6) is 5.32. The van der Waals surface area contributed by atoms with Gasteiger partial charge in [-0.25, -0.2) is 8.42 Å². The number of nitrogen functional groups attached to an aromatic ring is 1. The summed E-state index contributed by atoms with van der Waals surface area (Å²) in [5, 5.41) is 0. The highest BCUT2D eigenvalue weighted by Crippen LogP contribution is 2.22. The number of anilines is 2. The first-order valence-corrected chi connectivity index (χ1v) is 7.56. The van der Waals surface area contributed by atoms with E-state index in [1.165, 1.54) is 18.5 Å². The van der Waals surface area contributed by atoms with E-state index >= 15 is 0 Å². The summed E-state index contributed by atoms with van der Waals surface area (Å²) in [4.78, 5) is 3.79. The van der Waals surface area contributed by atoms with E-state index in [1.54, 1.807) is 25.3 Å². The van der Waals surface area contributed by atoms with E-state index < -0.39 is 10.0 Å². The zero-order valence-corrected chi connectivity index (χ0v) is 12.2. The van der Waals surface area contributed by atoms with Crippen molar-refractivity contribution < 1.29 is 13.2 Å². The number of hydrazine groups is 1. The van der Waals surface area contributed by atoms with Crippen LogP contribution in [0.5, 0.6) is 0 Å². The van der Waals surface area contributed by atoms with Crippen molar-refractivity contribution in [3.8, 4) is 0 Å². The van der Waals surface area contributed by atoms with Crippen LogP contribution in [0, 0.1) is 0 Å². The molecule has 0 aliphatic carbocycles. The van der Waals surface area contributed by atoms with Crippen LogP contribution in [0.25, 0.3) is 0 Å². The highest BCUT2D eigenvalue weighted by molar-refractivity contribution is 7.92. The largest absolute Gasteiger partial charge is 0.380 e. The molecule has 8 heteroatoms. The number of nitrogens with one attached hydrogen (secondary N) is 2. The maximum absolute atomic E-state index is 12.4. The second-order valence-electron chi connectivity index (χ2n) is 4.26. The molecule has 4 N–H and O–H groups in total. The minimum atomic E-state index is -3.78. The van der Waals surface area contributed by atoms with Gasteiger partial charge in [0.15, 0.2) is 0 Å². The van der Waals surface area contributed by atoms with Crippen LogP contribution >= 0.6 is 0 Å². The van der Waals surface area contributed by atoms with Crippen molar-refractivity contribution in [3.05, 3.63) is 48.3 Å². The topological polar surface area (TPSA) is 106 Å². The Balaban J connectivity index is 2.31. The third kappa shape index (κ3) is 3.69. The van der Waals surface area contributed by atoms with Gasteiger partial charge in [0.1, 0.15) is 4.90 Å². The number of aromatic nitrogens is 1. The first-order valence-electron chi connectivity index (χ1n) is 6.08. The molecule has 1 aromatic carbocycles. The number of nitrogens with two attached hydrogens (primary N) is 1. The molecule has 0 saturated carbocycles. The zero-order valence-electron chi connectivity index (χ0n) is 11.4. The Bertz CT molecular complexity index is 719. The lowest BCUT2D eigenvalue weighted by Crippen LogP contribution is -2.18. The molecule has 2 rings (SSSR count). The van der Waals surface area contributed by atoms with Crippen molar-refractivity contribution >= 4 is 21.4 Å². The van der Waals surface area contributed by atoms with E-state index in [0.717, 1.165) is 5.56 Å². The van der Waals surface area contributed by atoms with Gasteiger partial charge >= 0.3 is 0 Å². The standard InChI is InChI=1S/C13H16N4O3S/c1-20-9-10-3-2-4-11(7-10)17-21(18,19)13-8-15-6-5-12(13)16-14/h2-8,17H,9,14H2,1H3,(H,15,16). The van der Waals surface area contributed by atoms with Gasteiger partial charge < -0.3 is 10.2 Å². The normalized spacial score (nSPS) is 11.1. The monoisotopic (exact) mass is 308 g/mol. The molecule has 1 heterocycles. The van der Waals surface area contributed by atoms with E-state index in [4.69, 9.17) is 10.6 Å². The van der Waals surface area contributed by atoms with E-state index in [0.29, 0.717) is 12.3 Å². The lowest BCUT2D eigenvalue weighted by molar-refractivity contribution is 0.185. The lowest BCUT2D eigenvalue weighted by atomic mass is 10.2. The fourth-order valence-corrected chi connectivity index (χ4v) is 2.98. The van der Waals surface area contributed by atoms with Crippen LogP contribution < -0.4 is 16.0 Å². The number of nitrogens with zero attached hydrogens (tertiary/aromatic N) is 1. The fraction of sp³-hybridized carbons (Fsp3) is 0.154. The zero-order chi connectivity index (χ0) is 15.3. The number of sulfonamides is 1. The van der Waals surface area contributed by atoms with Crippen molar-refractivity contribution in [1.82, 2.24) is 4.98 Å². The Kier molecular flexibility index (Phi) is 4.73. The van der Waals surface area contributed by atoms with E-state index in [9.17, 15) is 8.42 Å². The summed E-state index contributed by atoms with van der Waals surface area (Å²) in [5.41, 5.74) is 3.91. The van der Waals surface area contributed by atoms with Crippen LogP contribution in [-0.2, 0) is 21.4 Å². The highest BCUT2D eigenvalue weighted by atomic mass is 32.2. The van der Waals surface area contributed by atoms with Gasteiger partial charge in [0.2, 0.25) is 0 Å². The van der Waals surface area contributed by atoms with E-state index in [-0.39, 0.29) is 10.6 Å². The molecule has 0 radical (unpaired) electrons. The SMILES string of the molecule is COCc1cccc(NS(=O)(=O)c2cnccc2NN)c1. The second kappa shape index (κ2) is 6.53. The molecule has 0 spiro atoms. The molecule has 0 fully saturated rings. The average Bonchev–Trinajstić information content (AvgIpc) is 2.47. The molecule has 0 atom stereocenters. The van der Waals surface area contributed by atoms with Crippen LogP contribution in [0.2, 0.25) is 0 Å². The molecule has 7 nitrogen and oxygen atoms in total. The molecule has 2 aromatic rings. The molecule has 0 saturated heterocycles. The average molecular weight is 308 g/mol. The van der Waals surface area contributed by atoms with Crippen molar-refractivity contribution in [2.24, 2.45) is 5.84 Å². The van der Waals surface area contributed by atoms with Crippen molar-refractivity contribution in [1.29, 1.82) is 0 Å². The third-order valence-corrected chi connectivity index (χ3v) is 4.13. The first kappa shape index (κ1) is 15.2. The molecule has 112 valence electrons. The van der Waals surface area contributed by atoms with Gasteiger partial charge in [0, 0.05) is 25.2 Å². The smallest absolute Gasteiger partial charge is 0.265 e. The van der Waals surface area contributed by atoms with Gasteiger partial charge in [0.05, 0.1) is 12.3 Å². The molecule has 0 aliphatic heterocycles. The summed E-state index contributed by atoms with van der Waals surface area (Å²) in [7, 11) is -2.21. The lowest BCUT2D eigenvalue weighted by Gasteiger charge is -2.12. The van der Waals surface area contributed by atoms with Gasteiger partial charge in [-0.3, -0.25) is 15.5 Å². The molecule has 0 amide bonds. The Morgan fingerprint density at radius 1 is 1.33 bits per heavy atom. The van der Waals surface area contributed by atoms with Crippen LogP contribution in [0.1, 0.15) is 5.56 Å². The van der Waals surface area contributed by atoms with Gasteiger partial charge in [0.25, 0.3) is 10.0 Å². The van der Waals surface area contributed by atoms with Gasteiger partial charge in [-0.2, -0.15) is 0 Å². The number of benzene rings is 1. The number of ether oxygens (including phenoxy) is 1. The van der Waals surface area contributed by atoms with E-state index in [2.05, 4.69) is 15.1 Å². The van der Waals surface area contributed by atoms with E-state index in [1.807, 2.05) is 6.07 Å². The minimum Gasteiger partial charge on any atom is -0.380 e. The molecule has 21 heavy (non-hydrogen) atoms. The fourth-order valence-electron chi connectivity index (χ4n) is 1.81. The molecular formula is C13H16N4O3S. The minimum absolute atomic E-state index is 0.0235. The first-order chi connectivity index (χ1) is 10.1. The summed E-state index contributed by atoms with van der Waals surface area (Å²) in [6.45, 7) is 0.401. The quantitative estimate of drug-likeness (QED) is 0.549. The van der Waals surface area contributed by atoms with Crippen molar-refractivity contribution in [2.45, 2.75) is 11.5 Å². The Morgan fingerprint density at radius 3 is 2.86 bits per heavy atom. The number of rotatable bonds is 6. The number of pyridine rings is 1. The van der Waals surface area contributed by atoms with Crippen LogP contribution in [0.4, 0.5) is 11.4 Å². The summed E-state index contributed by atoms with van der Waals surface area (Å²) in [6.07, 6.45) is 2.68. The Hall–Kier alpha value is -2.16. The van der Waals surface area contributed by atoms with Crippen molar-refractivity contribution in [2.75, 3.05) is 17.3 Å². The van der Waals surface area contributed by atoms with Crippen molar-refractivity contribution in [3.63, 3.8) is 0 Å². The van der Waals surface area contributed by atoms with Crippen LogP contribution in [0.15, 0.2) is 47.6 Å².